The first-order chi connectivity index (χ1) is 21.5. The van der Waals surface area contributed by atoms with Gasteiger partial charge in [0.15, 0.2) is 0 Å². The summed E-state index contributed by atoms with van der Waals surface area (Å²) in [5.74, 6) is 3.10. The number of nitrogens with two attached hydrogens (primary N) is 1. The lowest BCUT2D eigenvalue weighted by atomic mass is 9.89. The molecule has 0 radical (unpaired) electrons. The van der Waals surface area contributed by atoms with Crippen molar-refractivity contribution in [2.45, 2.75) is 55.1 Å². The molecule has 0 amide bonds. The Kier molecular flexibility index (Phi) is 11.5. The number of allylic oxidation sites excluding steroid dienone is 1. The number of nitrogens with zero attached hydrogens (tertiary/aromatic N) is 2. The van der Waals surface area contributed by atoms with Crippen LogP contribution in [0.15, 0.2) is 60.0 Å². The number of halogens is 2. The van der Waals surface area contributed by atoms with Gasteiger partial charge in [-0.05, 0) is 68.0 Å². The highest BCUT2D eigenvalue weighted by Crippen LogP contribution is 2.33. The molecule has 0 bridgehead atoms. The number of sulfonamides is 1. The van der Waals surface area contributed by atoms with Crippen molar-refractivity contribution in [2.75, 3.05) is 50.6 Å². The van der Waals surface area contributed by atoms with Gasteiger partial charge >= 0.3 is 0 Å². The van der Waals surface area contributed by atoms with Crippen molar-refractivity contribution in [1.29, 1.82) is 0 Å². The summed E-state index contributed by atoms with van der Waals surface area (Å²) in [5, 5.41) is 31.5. The number of rotatable bonds is 14. The molecule has 1 aliphatic carbocycles. The third-order valence-electron chi connectivity index (χ3n) is 8.05. The molecule has 2 aromatic carbocycles. The number of primary sulfonamides is 1. The van der Waals surface area contributed by atoms with E-state index in [0.717, 1.165) is 36.8 Å². The summed E-state index contributed by atoms with van der Waals surface area (Å²) in [4.78, 5) is 2.04. The van der Waals surface area contributed by atoms with Crippen LogP contribution >= 0.6 is 0 Å². The lowest BCUT2D eigenvalue weighted by molar-refractivity contribution is 0.0375. The molecule has 244 valence electrons. The Hall–Kier alpha value is -3.67. The van der Waals surface area contributed by atoms with E-state index in [1.807, 2.05) is 12.1 Å². The van der Waals surface area contributed by atoms with Crippen molar-refractivity contribution in [3.8, 4) is 17.6 Å². The van der Waals surface area contributed by atoms with Crippen LogP contribution in [0.2, 0.25) is 0 Å². The van der Waals surface area contributed by atoms with E-state index >= 15 is 0 Å². The van der Waals surface area contributed by atoms with E-state index < -0.39 is 22.5 Å². The maximum Gasteiger partial charge on any atom is 0.283 e. The first-order valence-corrected chi connectivity index (χ1v) is 16.3. The number of nitrogens with one attached hydrogen (secondary N) is 2. The van der Waals surface area contributed by atoms with E-state index in [1.54, 1.807) is 12.1 Å². The Morgan fingerprint density at radius 3 is 2.47 bits per heavy atom. The molecule has 1 aromatic heterocycles. The van der Waals surface area contributed by atoms with E-state index in [2.05, 4.69) is 34.0 Å². The quantitative estimate of drug-likeness (QED) is 0.132. The van der Waals surface area contributed by atoms with Gasteiger partial charge in [0, 0.05) is 42.3 Å². The maximum atomic E-state index is 14.6. The summed E-state index contributed by atoms with van der Waals surface area (Å²) >= 11 is 0. The smallest absolute Gasteiger partial charge is 0.283 e. The standard InChI is InChI=1S/C32H41F2N5O5S/c1-3-32(33,34)22-39-25(6-5-15-36-29-14-13-26(45(35,42)43)21-31(29)44-2)20-27-28(7-4-8-30(27)39)37-23-9-11-24(12-10-23)38(16-18-40)17-19-41/h3-4,7-8,13-14,20-21,23-24,36-37,40-41H,1,9-12,15-19,22H2,2H3,(H2,35,42,43). The highest BCUT2D eigenvalue weighted by Gasteiger charge is 2.28. The molecule has 1 heterocycles. The van der Waals surface area contributed by atoms with Crippen molar-refractivity contribution in [3.05, 3.63) is 60.8 Å². The summed E-state index contributed by atoms with van der Waals surface area (Å²) in [6, 6.07) is 12.0. The van der Waals surface area contributed by atoms with Crippen molar-refractivity contribution in [1.82, 2.24) is 9.47 Å². The van der Waals surface area contributed by atoms with Gasteiger partial charge in [-0.3, -0.25) is 4.90 Å². The van der Waals surface area contributed by atoms with Crippen LogP contribution < -0.4 is 20.5 Å². The molecule has 1 saturated carbocycles. The van der Waals surface area contributed by atoms with Gasteiger partial charge in [0.1, 0.15) is 5.75 Å². The molecule has 6 N–H and O–H groups in total. The first kappa shape index (κ1) is 34.2. The Morgan fingerprint density at radius 2 is 1.84 bits per heavy atom. The van der Waals surface area contributed by atoms with Gasteiger partial charge in [0.2, 0.25) is 10.0 Å². The van der Waals surface area contributed by atoms with Crippen molar-refractivity contribution in [3.63, 3.8) is 0 Å². The summed E-state index contributed by atoms with van der Waals surface area (Å²) in [5.41, 5.74) is 2.35. The number of ether oxygens (including phenoxy) is 1. The number of aromatic nitrogens is 1. The van der Waals surface area contributed by atoms with Crippen LogP contribution in [0.1, 0.15) is 31.4 Å². The van der Waals surface area contributed by atoms with Crippen LogP contribution in [0.25, 0.3) is 10.9 Å². The number of hydrogen-bond acceptors (Lipinski definition) is 8. The molecule has 45 heavy (non-hydrogen) atoms. The molecule has 1 fully saturated rings. The second kappa shape index (κ2) is 15.1. The van der Waals surface area contributed by atoms with Crippen LogP contribution in [-0.4, -0.2) is 86.1 Å². The summed E-state index contributed by atoms with van der Waals surface area (Å²) in [6.45, 7) is 3.96. The zero-order valence-corrected chi connectivity index (χ0v) is 26.1. The number of methoxy groups -OCH3 is 1. The normalized spacial score (nSPS) is 17.1. The average molecular weight is 646 g/mol. The average Bonchev–Trinajstić information content (AvgIpc) is 3.36. The zero-order chi connectivity index (χ0) is 32.6. The lowest BCUT2D eigenvalue weighted by Gasteiger charge is -2.37. The van der Waals surface area contributed by atoms with Gasteiger partial charge in [-0.1, -0.05) is 18.6 Å². The summed E-state index contributed by atoms with van der Waals surface area (Å²) in [6.07, 6.45) is 4.25. The summed E-state index contributed by atoms with van der Waals surface area (Å²) < 4.78 is 59.3. The van der Waals surface area contributed by atoms with Crippen molar-refractivity contribution >= 4 is 32.3 Å². The van der Waals surface area contributed by atoms with Gasteiger partial charge in [0.05, 0.1) is 55.2 Å². The third-order valence-corrected chi connectivity index (χ3v) is 8.96. The van der Waals surface area contributed by atoms with Crippen LogP contribution in [0, 0.1) is 11.8 Å². The molecule has 0 spiro atoms. The molecule has 10 nitrogen and oxygen atoms in total. The molecule has 13 heteroatoms. The summed E-state index contributed by atoms with van der Waals surface area (Å²) in [7, 11) is -2.50. The van der Waals surface area contributed by atoms with Gasteiger partial charge in [0.25, 0.3) is 5.92 Å². The Bertz CT molecular complexity index is 1640. The van der Waals surface area contributed by atoms with E-state index in [1.165, 1.54) is 29.9 Å². The largest absolute Gasteiger partial charge is 0.495 e. The molecule has 0 aliphatic heterocycles. The predicted molar refractivity (Wildman–Crippen MR) is 172 cm³/mol. The number of hydrogen-bond donors (Lipinski definition) is 5. The number of fused-ring (bicyclic) bond motifs is 1. The highest BCUT2D eigenvalue weighted by atomic mass is 32.2. The first-order valence-electron chi connectivity index (χ1n) is 14.8. The fraction of sp³-hybridized carbons (Fsp3) is 0.438. The Labute approximate surface area is 262 Å². The molecule has 0 unspecified atom stereocenters. The van der Waals surface area contributed by atoms with Crippen molar-refractivity contribution < 1.29 is 32.1 Å². The Morgan fingerprint density at radius 1 is 1.13 bits per heavy atom. The Balaban J connectivity index is 1.55. The minimum Gasteiger partial charge on any atom is -0.495 e. The molecule has 4 rings (SSSR count). The van der Waals surface area contributed by atoms with E-state index in [0.29, 0.717) is 42.1 Å². The van der Waals surface area contributed by atoms with E-state index in [-0.39, 0.29) is 36.4 Å². The SMILES string of the molecule is C=CC(F)(F)Cn1c(C#CCNc2ccc(S(N)(=O)=O)cc2OC)cc2c(NC3CCC(N(CCO)CCO)CC3)cccc21. The molecular formula is C32H41F2N5O5S. The fourth-order valence-electron chi connectivity index (χ4n) is 5.77. The van der Waals surface area contributed by atoms with Crippen LogP contribution in [0.4, 0.5) is 20.2 Å². The molecule has 1 aliphatic rings. The second-order valence-corrected chi connectivity index (χ2v) is 12.6. The van der Waals surface area contributed by atoms with Crippen LogP contribution in [0.5, 0.6) is 5.75 Å². The molecule has 3 aromatic rings. The topological polar surface area (TPSA) is 142 Å². The monoisotopic (exact) mass is 645 g/mol. The molecule has 0 saturated heterocycles. The number of anilines is 2. The zero-order valence-electron chi connectivity index (χ0n) is 25.3. The third kappa shape index (κ3) is 8.74. The maximum absolute atomic E-state index is 14.6. The highest BCUT2D eigenvalue weighted by molar-refractivity contribution is 7.89. The fourth-order valence-corrected chi connectivity index (χ4v) is 6.30. The molecule has 0 atom stereocenters. The predicted octanol–water partition coefficient (Wildman–Crippen LogP) is 3.59. The number of aliphatic hydroxyl groups is 2. The van der Waals surface area contributed by atoms with Crippen molar-refractivity contribution in [2.24, 2.45) is 5.14 Å². The number of benzene rings is 2. The van der Waals surface area contributed by atoms with Gasteiger partial charge < -0.3 is 30.2 Å². The van der Waals surface area contributed by atoms with Gasteiger partial charge in [-0.2, -0.15) is 0 Å². The van der Waals surface area contributed by atoms with Crippen LogP contribution in [-0.2, 0) is 16.6 Å². The lowest BCUT2D eigenvalue weighted by Crippen LogP contribution is -2.43. The minimum atomic E-state index is -3.90. The number of alkyl halides is 2. The van der Waals surface area contributed by atoms with E-state index in [4.69, 9.17) is 9.88 Å². The minimum absolute atomic E-state index is 0.0475. The van der Waals surface area contributed by atoms with Gasteiger partial charge in [-0.25, -0.2) is 22.3 Å². The van der Waals surface area contributed by atoms with E-state index in [9.17, 15) is 27.4 Å². The number of aliphatic hydroxyl groups excluding tert-OH is 2. The van der Waals surface area contributed by atoms with Crippen LogP contribution in [0.3, 0.4) is 0 Å². The second-order valence-electron chi connectivity index (χ2n) is 11.0. The van der Waals surface area contributed by atoms with Gasteiger partial charge in [-0.15, -0.1) is 0 Å². The molecular weight excluding hydrogens is 604 g/mol.